The Morgan fingerprint density at radius 1 is 1.24 bits per heavy atom. The third-order valence-corrected chi connectivity index (χ3v) is 3.26. The van der Waals surface area contributed by atoms with Crippen molar-refractivity contribution in [1.82, 2.24) is 20.3 Å². The van der Waals surface area contributed by atoms with Crippen molar-refractivity contribution in [2.24, 2.45) is 0 Å². The van der Waals surface area contributed by atoms with E-state index in [2.05, 4.69) is 48.5 Å². The number of hydrogen-bond donors (Lipinski definition) is 1. The average molecular weight is 284 g/mol. The van der Waals surface area contributed by atoms with Crippen LogP contribution < -0.4 is 5.32 Å². The van der Waals surface area contributed by atoms with Gasteiger partial charge in [-0.05, 0) is 26.8 Å². The van der Waals surface area contributed by atoms with Crippen LogP contribution in [0.5, 0.6) is 0 Å². The highest BCUT2D eigenvalue weighted by molar-refractivity contribution is 5.78. The van der Waals surface area contributed by atoms with Crippen molar-refractivity contribution in [3.63, 3.8) is 0 Å². The summed E-state index contributed by atoms with van der Waals surface area (Å²) in [4.78, 5) is 0. The number of hydrogen-bond acceptors (Lipinski definition) is 4. The Bertz CT molecular complexity index is 736. The third-order valence-electron chi connectivity index (χ3n) is 3.26. The van der Waals surface area contributed by atoms with Crippen LogP contribution in [-0.4, -0.2) is 20.5 Å². The summed E-state index contributed by atoms with van der Waals surface area (Å²) >= 11 is 0. The van der Waals surface area contributed by atoms with E-state index in [1.807, 2.05) is 29.1 Å². The van der Waals surface area contributed by atoms with E-state index in [-0.39, 0.29) is 5.54 Å². The first-order valence-electron chi connectivity index (χ1n) is 7.11. The van der Waals surface area contributed by atoms with Gasteiger partial charge in [0.15, 0.2) is 5.76 Å². The SMILES string of the molecule is CC(C)(C)NCc1cc(Cn2ncc3ccccc32)on1. The quantitative estimate of drug-likeness (QED) is 0.800. The standard InChI is InChI=1S/C16H20N4O/c1-16(2,3)17-10-13-8-14(21-19-13)11-20-15-7-5-4-6-12(15)9-18-20/h4-9,17H,10-11H2,1-3H3. The fourth-order valence-corrected chi connectivity index (χ4v) is 2.17. The molecule has 0 bridgehead atoms. The third kappa shape index (κ3) is 3.31. The van der Waals surface area contributed by atoms with Gasteiger partial charge in [-0.3, -0.25) is 4.68 Å². The zero-order valence-corrected chi connectivity index (χ0v) is 12.6. The highest BCUT2D eigenvalue weighted by Gasteiger charge is 2.12. The summed E-state index contributed by atoms with van der Waals surface area (Å²) in [6.07, 6.45) is 1.87. The smallest absolute Gasteiger partial charge is 0.158 e. The lowest BCUT2D eigenvalue weighted by molar-refractivity contribution is 0.358. The van der Waals surface area contributed by atoms with E-state index in [1.165, 1.54) is 0 Å². The van der Waals surface area contributed by atoms with E-state index >= 15 is 0 Å². The van der Waals surface area contributed by atoms with Gasteiger partial charge in [0.2, 0.25) is 0 Å². The molecular weight excluding hydrogens is 264 g/mol. The highest BCUT2D eigenvalue weighted by atomic mass is 16.5. The number of rotatable bonds is 4. The maximum absolute atomic E-state index is 5.40. The van der Waals surface area contributed by atoms with E-state index in [0.717, 1.165) is 22.4 Å². The summed E-state index contributed by atoms with van der Waals surface area (Å²) in [7, 11) is 0. The Balaban J connectivity index is 1.72. The number of benzene rings is 1. The second kappa shape index (κ2) is 5.33. The summed E-state index contributed by atoms with van der Waals surface area (Å²) in [6.45, 7) is 7.68. The van der Waals surface area contributed by atoms with Crippen LogP contribution in [0.3, 0.4) is 0 Å². The molecule has 0 aliphatic heterocycles. The molecule has 5 nitrogen and oxygen atoms in total. The Labute approximate surface area is 123 Å². The normalized spacial score (nSPS) is 12.1. The van der Waals surface area contributed by atoms with E-state index in [1.54, 1.807) is 0 Å². The van der Waals surface area contributed by atoms with E-state index in [0.29, 0.717) is 13.1 Å². The first-order chi connectivity index (χ1) is 10.0. The van der Waals surface area contributed by atoms with Crippen molar-refractivity contribution in [3.05, 3.63) is 48.0 Å². The molecule has 0 atom stereocenters. The highest BCUT2D eigenvalue weighted by Crippen LogP contribution is 2.15. The largest absolute Gasteiger partial charge is 0.359 e. The zero-order chi connectivity index (χ0) is 14.9. The molecule has 0 aliphatic carbocycles. The Kier molecular flexibility index (Phi) is 3.51. The topological polar surface area (TPSA) is 55.9 Å². The van der Waals surface area contributed by atoms with Crippen molar-refractivity contribution in [2.75, 3.05) is 0 Å². The first-order valence-corrected chi connectivity index (χ1v) is 7.11. The van der Waals surface area contributed by atoms with Crippen LogP contribution in [0.15, 0.2) is 41.1 Å². The molecule has 0 aliphatic rings. The molecule has 21 heavy (non-hydrogen) atoms. The van der Waals surface area contributed by atoms with Gasteiger partial charge < -0.3 is 9.84 Å². The lowest BCUT2D eigenvalue weighted by atomic mass is 10.1. The van der Waals surface area contributed by atoms with Gasteiger partial charge in [0.1, 0.15) is 6.54 Å². The van der Waals surface area contributed by atoms with E-state index < -0.39 is 0 Å². The maximum atomic E-state index is 5.40. The van der Waals surface area contributed by atoms with Crippen molar-refractivity contribution < 1.29 is 4.52 Å². The fraction of sp³-hybridized carbons (Fsp3) is 0.375. The summed E-state index contributed by atoms with van der Waals surface area (Å²) in [5, 5.41) is 13.0. The lowest BCUT2D eigenvalue weighted by Gasteiger charge is -2.19. The summed E-state index contributed by atoms with van der Waals surface area (Å²) < 4.78 is 7.33. The Hall–Kier alpha value is -2.14. The van der Waals surface area contributed by atoms with Crippen molar-refractivity contribution >= 4 is 10.9 Å². The molecule has 0 radical (unpaired) electrons. The molecule has 5 heteroatoms. The number of para-hydroxylation sites is 1. The van der Waals surface area contributed by atoms with Crippen molar-refractivity contribution in [3.8, 4) is 0 Å². The molecule has 2 aromatic heterocycles. The van der Waals surface area contributed by atoms with Gasteiger partial charge in [0, 0.05) is 23.5 Å². The van der Waals surface area contributed by atoms with Crippen molar-refractivity contribution in [1.29, 1.82) is 0 Å². The molecule has 0 amide bonds. The Morgan fingerprint density at radius 2 is 2.05 bits per heavy atom. The van der Waals surface area contributed by atoms with Gasteiger partial charge in [-0.1, -0.05) is 23.4 Å². The van der Waals surface area contributed by atoms with Crippen LogP contribution >= 0.6 is 0 Å². The molecule has 1 aromatic carbocycles. The van der Waals surface area contributed by atoms with Crippen LogP contribution in [0.2, 0.25) is 0 Å². The molecule has 0 saturated heterocycles. The molecule has 2 heterocycles. The molecule has 110 valence electrons. The van der Waals surface area contributed by atoms with Crippen LogP contribution in [0.4, 0.5) is 0 Å². The minimum atomic E-state index is 0.0668. The lowest BCUT2D eigenvalue weighted by Crippen LogP contribution is -2.35. The summed E-state index contributed by atoms with van der Waals surface area (Å²) in [5.74, 6) is 0.814. The van der Waals surface area contributed by atoms with Crippen molar-refractivity contribution in [2.45, 2.75) is 39.4 Å². The average Bonchev–Trinajstić information content (AvgIpc) is 3.04. The monoisotopic (exact) mass is 284 g/mol. The minimum Gasteiger partial charge on any atom is -0.359 e. The predicted octanol–water partition coefficient (Wildman–Crippen LogP) is 2.96. The van der Waals surface area contributed by atoms with Crippen LogP contribution in [-0.2, 0) is 13.1 Å². The number of aromatic nitrogens is 3. The second-order valence-electron chi connectivity index (χ2n) is 6.25. The molecular formula is C16H20N4O. The van der Waals surface area contributed by atoms with Gasteiger partial charge >= 0.3 is 0 Å². The van der Waals surface area contributed by atoms with Crippen LogP contribution in [0.1, 0.15) is 32.2 Å². The molecule has 0 spiro atoms. The summed E-state index contributed by atoms with van der Waals surface area (Å²) in [6, 6.07) is 10.1. The van der Waals surface area contributed by atoms with Crippen LogP contribution in [0, 0.1) is 0 Å². The molecule has 0 saturated carbocycles. The first kappa shape index (κ1) is 13.8. The number of nitrogens with zero attached hydrogens (tertiary/aromatic N) is 3. The Morgan fingerprint density at radius 3 is 2.86 bits per heavy atom. The van der Waals surface area contributed by atoms with Gasteiger partial charge in [-0.2, -0.15) is 5.10 Å². The molecule has 3 aromatic rings. The zero-order valence-electron chi connectivity index (χ0n) is 12.6. The molecule has 0 unspecified atom stereocenters. The van der Waals surface area contributed by atoms with Gasteiger partial charge in [-0.25, -0.2) is 0 Å². The second-order valence-corrected chi connectivity index (χ2v) is 6.25. The minimum absolute atomic E-state index is 0.0668. The number of nitrogens with one attached hydrogen (secondary N) is 1. The van der Waals surface area contributed by atoms with Gasteiger partial charge in [0.25, 0.3) is 0 Å². The fourth-order valence-electron chi connectivity index (χ4n) is 2.17. The molecule has 1 N–H and O–H groups in total. The maximum Gasteiger partial charge on any atom is 0.158 e. The van der Waals surface area contributed by atoms with E-state index in [4.69, 9.17) is 4.52 Å². The molecule has 3 rings (SSSR count). The van der Waals surface area contributed by atoms with Crippen LogP contribution in [0.25, 0.3) is 10.9 Å². The molecule has 0 fully saturated rings. The van der Waals surface area contributed by atoms with Gasteiger partial charge in [0.05, 0.1) is 17.4 Å². The predicted molar refractivity (Wildman–Crippen MR) is 81.9 cm³/mol. The summed E-state index contributed by atoms with van der Waals surface area (Å²) in [5.41, 5.74) is 2.08. The van der Waals surface area contributed by atoms with Gasteiger partial charge in [-0.15, -0.1) is 0 Å². The van der Waals surface area contributed by atoms with E-state index in [9.17, 15) is 0 Å². The number of fused-ring (bicyclic) bond motifs is 1.